The summed E-state index contributed by atoms with van der Waals surface area (Å²) < 4.78 is 10.4. The van der Waals surface area contributed by atoms with Gasteiger partial charge in [0.2, 0.25) is 0 Å². The largest absolute Gasteiger partial charge is 0.465 e. The first-order chi connectivity index (χ1) is 12.8. The van der Waals surface area contributed by atoms with Crippen molar-refractivity contribution in [2.24, 2.45) is 11.3 Å². The number of hydrogen-bond acceptors (Lipinski definition) is 6. The highest BCUT2D eigenvalue weighted by molar-refractivity contribution is 7.10. The van der Waals surface area contributed by atoms with Crippen LogP contribution in [0.25, 0.3) is 0 Å². The molecule has 0 amide bonds. The summed E-state index contributed by atoms with van der Waals surface area (Å²) in [5.74, 6) is -1.91. The third-order valence-electron chi connectivity index (χ3n) is 4.68. The Morgan fingerprint density at radius 2 is 1.93 bits per heavy atom. The summed E-state index contributed by atoms with van der Waals surface area (Å²) in [7, 11) is 0. The second kappa shape index (κ2) is 8.67. The molecule has 1 heterocycles. The van der Waals surface area contributed by atoms with Gasteiger partial charge in [-0.25, -0.2) is 0 Å². The van der Waals surface area contributed by atoms with Crippen molar-refractivity contribution >= 4 is 23.3 Å². The molecule has 27 heavy (non-hydrogen) atoms. The lowest BCUT2D eigenvalue weighted by Gasteiger charge is -2.38. The van der Waals surface area contributed by atoms with Crippen molar-refractivity contribution in [2.75, 3.05) is 13.2 Å². The van der Waals surface area contributed by atoms with Crippen LogP contribution in [0.3, 0.4) is 0 Å². The average molecular weight is 391 g/mol. The van der Waals surface area contributed by atoms with Crippen LogP contribution in [0.15, 0.2) is 53.5 Å². The first-order valence-electron chi connectivity index (χ1n) is 8.92. The monoisotopic (exact) mass is 390 g/mol. The summed E-state index contributed by atoms with van der Waals surface area (Å²) in [6.45, 7) is 13.5. The molecule has 0 saturated carbocycles. The summed E-state index contributed by atoms with van der Waals surface area (Å²) >= 11 is 1.41. The minimum absolute atomic E-state index is 0.0271. The van der Waals surface area contributed by atoms with Gasteiger partial charge in [0.15, 0.2) is 5.41 Å². The smallest absolute Gasteiger partial charge is 0.327 e. The summed E-state index contributed by atoms with van der Waals surface area (Å²) in [5.41, 5.74) is 0.251. The summed E-state index contributed by atoms with van der Waals surface area (Å²) in [6, 6.07) is 3.66. The molecule has 1 aromatic rings. The van der Waals surface area contributed by atoms with E-state index < -0.39 is 29.4 Å². The van der Waals surface area contributed by atoms with E-state index in [4.69, 9.17) is 9.47 Å². The van der Waals surface area contributed by atoms with Crippen LogP contribution in [0.5, 0.6) is 0 Å². The van der Waals surface area contributed by atoms with Crippen LogP contribution in [0, 0.1) is 11.3 Å². The fraction of sp³-hybridized carbons (Fsp3) is 0.429. The molecule has 1 aromatic heterocycles. The van der Waals surface area contributed by atoms with Gasteiger partial charge in [-0.05, 0) is 55.9 Å². The van der Waals surface area contributed by atoms with Crippen molar-refractivity contribution in [2.45, 2.75) is 33.3 Å². The maximum Gasteiger partial charge on any atom is 0.327 e. The SMILES string of the molecule is C=C(C)C1=CC(C(=O)OCC)(C(=O)OCC)C[C@H]([C@H](O)c2cccs2)C1=C. The zero-order chi connectivity index (χ0) is 20.2. The minimum atomic E-state index is -1.63. The fourth-order valence-corrected chi connectivity index (χ4v) is 4.09. The van der Waals surface area contributed by atoms with Gasteiger partial charge in [0.25, 0.3) is 0 Å². The molecule has 1 aliphatic carbocycles. The van der Waals surface area contributed by atoms with Crippen molar-refractivity contribution in [1.29, 1.82) is 0 Å². The number of allylic oxidation sites excluding steroid dienone is 2. The van der Waals surface area contributed by atoms with Gasteiger partial charge < -0.3 is 14.6 Å². The van der Waals surface area contributed by atoms with Gasteiger partial charge in [-0.1, -0.05) is 24.8 Å². The average Bonchev–Trinajstić information content (AvgIpc) is 3.16. The number of esters is 2. The Hall–Kier alpha value is -2.18. The summed E-state index contributed by atoms with van der Waals surface area (Å²) in [5, 5.41) is 12.8. The molecule has 146 valence electrons. The van der Waals surface area contributed by atoms with Gasteiger partial charge in [0.1, 0.15) is 0 Å². The highest BCUT2D eigenvalue weighted by atomic mass is 32.1. The third-order valence-corrected chi connectivity index (χ3v) is 5.62. The number of carbonyl (C=O) groups excluding carboxylic acids is 2. The van der Waals surface area contributed by atoms with Crippen LogP contribution in [0.4, 0.5) is 0 Å². The maximum absolute atomic E-state index is 12.9. The van der Waals surface area contributed by atoms with E-state index in [1.54, 1.807) is 26.8 Å². The van der Waals surface area contributed by atoms with Gasteiger partial charge in [-0.15, -0.1) is 11.3 Å². The minimum Gasteiger partial charge on any atom is -0.465 e. The van der Waals surface area contributed by atoms with Crippen LogP contribution in [-0.4, -0.2) is 30.3 Å². The van der Waals surface area contributed by atoms with Gasteiger partial charge in [0, 0.05) is 10.8 Å². The van der Waals surface area contributed by atoms with Gasteiger partial charge >= 0.3 is 11.9 Å². The highest BCUT2D eigenvalue weighted by Gasteiger charge is 2.53. The Kier molecular flexibility index (Phi) is 6.78. The maximum atomic E-state index is 12.9. The molecule has 0 bridgehead atoms. The zero-order valence-corrected chi connectivity index (χ0v) is 16.8. The fourth-order valence-electron chi connectivity index (χ4n) is 3.31. The van der Waals surface area contributed by atoms with Gasteiger partial charge in [-0.2, -0.15) is 0 Å². The van der Waals surface area contributed by atoms with E-state index in [2.05, 4.69) is 13.2 Å². The lowest BCUT2D eigenvalue weighted by Crippen LogP contribution is -2.45. The number of hydrogen-bond donors (Lipinski definition) is 1. The predicted octanol–water partition coefficient (Wildman–Crippen LogP) is 3.97. The van der Waals surface area contributed by atoms with Gasteiger partial charge in [-0.3, -0.25) is 9.59 Å². The van der Waals surface area contributed by atoms with Crippen molar-refractivity contribution in [3.8, 4) is 0 Å². The number of aliphatic hydroxyl groups is 1. The quantitative estimate of drug-likeness (QED) is 0.563. The second-order valence-corrected chi connectivity index (χ2v) is 7.53. The molecule has 0 radical (unpaired) electrons. The highest BCUT2D eigenvalue weighted by Crippen LogP contribution is 2.48. The van der Waals surface area contributed by atoms with E-state index in [9.17, 15) is 14.7 Å². The Morgan fingerprint density at radius 3 is 2.37 bits per heavy atom. The van der Waals surface area contributed by atoms with E-state index in [0.29, 0.717) is 16.7 Å². The Morgan fingerprint density at radius 1 is 1.33 bits per heavy atom. The molecule has 0 saturated heterocycles. The van der Waals surface area contributed by atoms with E-state index in [1.807, 2.05) is 17.5 Å². The topological polar surface area (TPSA) is 72.8 Å². The van der Waals surface area contributed by atoms with Gasteiger partial charge in [0.05, 0.1) is 19.3 Å². The van der Waals surface area contributed by atoms with E-state index in [0.717, 1.165) is 4.88 Å². The van der Waals surface area contributed by atoms with E-state index in [1.165, 1.54) is 11.3 Å². The zero-order valence-electron chi connectivity index (χ0n) is 16.0. The third kappa shape index (κ3) is 4.06. The lowest BCUT2D eigenvalue weighted by atomic mass is 9.66. The second-order valence-electron chi connectivity index (χ2n) is 6.55. The Labute approximate surface area is 164 Å². The molecule has 0 spiro atoms. The van der Waals surface area contributed by atoms with Crippen LogP contribution in [0.1, 0.15) is 38.2 Å². The van der Waals surface area contributed by atoms with E-state index in [-0.39, 0.29) is 19.6 Å². The molecule has 1 aliphatic rings. The van der Waals surface area contributed by atoms with Crippen molar-refractivity contribution in [1.82, 2.24) is 0 Å². The first kappa shape index (κ1) is 21.1. The lowest BCUT2D eigenvalue weighted by molar-refractivity contribution is -0.170. The molecular weight excluding hydrogens is 364 g/mol. The van der Waals surface area contributed by atoms with Crippen LogP contribution >= 0.6 is 11.3 Å². The van der Waals surface area contributed by atoms with Crippen molar-refractivity contribution in [3.63, 3.8) is 0 Å². The number of ether oxygens (including phenoxy) is 2. The molecular formula is C21H26O5S. The van der Waals surface area contributed by atoms with Crippen LogP contribution < -0.4 is 0 Å². The first-order valence-corrected chi connectivity index (χ1v) is 9.80. The molecule has 5 nitrogen and oxygen atoms in total. The predicted molar refractivity (Wildman–Crippen MR) is 105 cm³/mol. The number of thiophene rings is 1. The summed E-state index contributed by atoms with van der Waals surface area (Å²) in [4.78, 5) is 26.5. The molecule has 0 aromatic carbocycles. The van der Waals surface area contributed by atoms with Crippen molar-refractivity contribution in [3.05, 3.63) is 58.3 Å². The number of rotatable bonds is 7. The van der Waals surface area contributed by atoms with E-state index >= 15 is 0 Å². The Bertz CT molecular complexity index is 742. The normalized spacial score (nSPS) is 19.8. The molecule has 0 aliphatic heterocycles. The molecule has 2 atom stereocenters. The standard InChI is InChI=1S/C21H26O5S/c1-6-25-19(23)21(20(24)26-7-2)11-15(13(3)4)14(5)16(12-21)18(22)17-9-8-10-27-17/h8-11,16,18,22H,3,5-7,12H2,1-2,4H3/t16-,18-/m0/s1. The van der Waals surface area contributed by atoms with Crippen molar-refractivity contribution < 1.29 is 24.2 Å². The van der Waals surface area contributed by atoms with Crippen LogP contribution in [0.2, 0.25) is 0 Å². The summed E-state index contributed by atoms with van der Waals surface area (Å²) in [6.07, 6.45) is 0.675. The molecule has 2 rings (SSSR count). The number of aliphatic hydroxyl groups excluding tert-OH is 1. The molecule has 0 unspecified atom stereocenters. The Balaban J connectivity index is 2.59. The molecule has 1 N–H and O–H groups in total. The molecule has 6 heteroatoms. The molecule has 0 fully saturated rings. The number of carbonyl (C=O) groups is 2. The van der Waals surface area contributed by atoms with Crippen LogP contribution in [-0.2, 0) is 19.1 Å².